The molecular weight excluding hydrogens is 408 g/mol. The number of benzene rings is 2. The van der Waals surface area contributed by atoms with Gasteiger partial charge in [-0.25, -0.2) is 4.79 Å². The summed E-state index contributed by atoms with van der Waals surface area (Å²) < 4.78 is 12.0. The number of ether oxygens (including phenoxy) is 1. The van der Waals surface area contributed by atoms with Gasteiger partial charge in [-0.2, -0.15) is 0 Å². The van der Waals surface area contributed by atoms with Crippen LogP contribution in [0.2, 0.25) is 5.04 Å². The lowest BCUT2D eigenvalue weighted by molar-refractivity contribution is -0.279. The minimum atomic E-state index is -3.18. The molecule has 2 atom stereocenters. The molecule has 0 amide bonds. The van der Waals surface area contributed by atoms with Crippen molar-refractivity contribution in [3.63, 3.8) is 0 Å². The van der Waals surface area contributed by atoms with E-state index >= 15 is 0 Å². The Morgan fingerprint density at radius 3 is 1.87 bits per heavy atom. The van der Waals surface area contributed by atoms with Crippen LogP contribution in [0.15, 0.2) is 60.7 Å². The number of carbonyl (C=O) groups excluding carboxylic acids is 1. The lowest BCUT2D eigenvalue weighted by atomic mass is 9.79. The van der Waals surface area contributed by atoms with Crippen LogP contribution in [-0.4, -0.2) is 42.5 Å². The van der Waals surface area contributed by atoms with Crippen LogP contribution >= 0.6 is 0 Å². The Morgan fingerprint density at radius 2 is 1.42 bits per heavy atom. The molecule has 0 radical (unpaired) electrons. The van der Waals surface area contributed by atoms with E-state index in [9.17, 15) is 15.0 Å². The molecule has 31 heavy (non-hydrogen) atoms. The van der Waals surface area contributed by atoms with Crippen molar-refractivity contribution in [3.05, 3.63) is 60.7 Å². The molecule has 2 aromatic rings. The van der Waals surface area contributed by atoms with Crippen LogP contribution in [0.5, 0.6) is 0 Å². The summed E-state index contributed by atoms with van der Waals surface area (Å²) in [6.45, 7) is 8.08. The SMILES string of the molecule is CCOC(=O)C1(O)CCCCC1(O)O[Si](c1ccccc1)(c1ccccc1)C(C)(C)C. The Balaban J connectivity index is 2.24. The van der Waals surface area contributed by atoms with Gasteiger partial charge in [-0.1, -0.05) is 81.4 Å². The molecule has 5 nitrogen and oxygen atoms in total. The highest BCUT2D eigenvalue weighted by molar-refractivity contribution is 6.99. The largest absolute Gasteiger partial charge is 0.464 e. The maximum atomic E-state index is 12.8. The van der Waals surface area contributed by atoms with Gasteiger partial charge in [0.2, 0.25) is 5.60 Å². The van der Waals surface area contributed by atoms with E-state index in [1.165, 1.54) is 0 Å². The number of esters is 1. The first-order chi connectivity index (χ1) is 14.6. The molecule has 1 aliphatic rings. The minimum Gasteiger partial charge on any atom is -0.464 e. The van der Waals surface area contributed by atoms with E-state index in [1.807, 2.05) is 60.7 Å². The first-order valence-corrected chi connectivity index (χ1v) is 12.9. The fraction of sp³-hybridized carbons (Fsp3) is 0.480. The van der Waals surface area contributed by atoms with Gasteiger partial charge in [-0.3, -0.25) is 0 Å². The van der Waals surface area contributed by atoms with Crippen molar-refractivity contribution in [2.24, 2.45) is 0 Å². The Morgan fingerprint density at radius 1 is 0.935 bits per heavy atom. The molecule has 1 fully saturated rings. The maximum Gasteiger partial charge on any atom is 0.343 e. The monoisotopic (exact) mass is 442 g/mol. The predicted octanol–water partition coefficient (Wildman–Crippen LogP) is 3.12. The molecule has 3 rings (SSSR count). The molecule has 0 bridgehead atoms. The van der Waals surface area contributed by atoms with E-state index in [-0.39, 0.29) is 19.4 Å². The third-order valence-corrected chi connectivity index (χ3v) is 11.4. The van der Waals surface area contributed by atoms with Crippen LogP contribution in [0.1, 0.15) is 53.4 Å². The van der Waals surface area contributed by atoms with Gasteiger partial charge in [0.1, 0.15) is 0 Å². The van der Waals surface area contributed by atoms with Crippen LogP contribution < -0.4 is 10.4 Å². The summed E-state index contributed by atoms with van der Waals surface area (Å²) in [4.78, 5) is 12.8. The highest BCUT2D eigenvalue weighted by atomic mass is 28.4. The zero-order valence-electron chi connectivity index (χ0n) is 18.9. The second kappa shape index (κ2) is 8.86. The third-order valence-electron chi connectivity index (χ3n) is 6.30. The summed E-state index contributed by atoms with van der Waals surface area (Å²) >= 11 is 0. The van der Waals surface area contributed by atoms with E-state index in [2.05, 4.69) is 20.8 Å². The van der Waals surface area contributed by atoms with Gasteiger partial charge < -0.3 is 19.4 Å². The first kappa shape index (κ1) is 23.7. The van der Waals surface area contributed by atoms with Crippen molar-refractivity contribution in [1.82, 2.24) is 0 Å². The number of aliphatic hydroxyl groups is 2. The molecule has 0 heterocycles. The molecule has 6 heteroatoms. The molecule has 0 aliphatic heterocycles. The zero-order valence-corrected chi connectivity index (χ0v) is 19.9. The molecule has 1 saturated carbocycles. The molecule has 0 spiro atoms. The molecule has 0 aromatic heterocycles. The van der Waals surface area contributed by atoms with E-state index in [4.69, 9.17) is 9.16 Å². The highest BCUT2D eigenvalue weighted by Gasteiger charge is 2.64. The highest BCUT2D eigenvalue weighted by Crippen LogP contribution is 2.46. The molecule has 2 unspecified atom stereocenters. The summed E-state index contributed by atoms with van der Waals surface area (Å²) in [6.07, 6.45) is 1.52. The molecule has 2 N–H and O–H groups in total. The van der Waals surface area contributed by atoms with Crippen molar-refractivity contribution in [2.45, 2.75) is 69.8 Å². The Labute approximate surface area is 186 Å². The Hall–Kier alpha value is -1.99. The van der Waals surface area contributed by atoms with Crippen LogP contribution in [0.3, 0.4) is 0 Å². The van der Waals surface area contributed by atoms with Gasteiger partial charge in [-0.15, -0.1) is 0 Å². The van der Waals surface area contributed by atoms with Crippen LogP contribution in [-0.2, 0) is 14.0 Å². The standard InChI is InChI=1S/C25H34O5Si/c1-5-29-22(26)24(27)18-12-13-19-25(24,28)30-31(23(2,3)4,20-14-8-6-9-15-20)21-16-10-7-11-17-21/h6-11,14-17,27-28H,5,12-13,18-19H2,1-4H3. The number of hydrogen-bond donors (Lipinski definition) is 2. The first-order valence-electron chi connectivity index (χ1n) is 11.0. The van der Waals surface area contributed by atoms with Crippen LogP contribution in [0, 0.1) is 0 Å². The van der Waals surface area contributed by atoms with E-state index < -0.39 is 30.7 Å². The fourth-order valence-corrected chi connectivity index (χ4v) is 9.41. The molecule has 2 aromatic carbocycles. The topological polar surface area (TPSA) is 76.0 Å². The average molecular weight is 443 g/mol. The summed E-state index contributed by atoms with van der Waals surface area (Å²) in [7, 11) is -3.18. The van der Waals surface area contributed by atoms with Crippen molar-refractivity contribution >= 4 is 24.7 Å². The molecule has 0 saturated heterocycles. The van der Waals surface area contributed by atoms with E-state index in [1.54, 1.807) is 6.92 Å². The number of carbonyl (C=O) groups is 1. The van der Waals surface area contributed by atoms with Crippen LogP contribution in [0.25, 0.3) is 0 Å². The van der Waals surface area contributed by atoms with Gasteiger partial charge in [0, 0.05) is 6.42 Å². The Bertz CT molecular complexity index is 840. The van der Waals surface area contributed by atoms with Crippen LogP contribution in [0.4, 0.5) is 0 Å². The van der Waals surface area contributed by atoms with Crippen molar-refractivity contribution in [3.8, 4) is 0 Å². The predicted molar refractivity (Wildman–Crippen MR) is 124 cm³/mol. The minimum absolute atomic E-state index is 0.0978. The average Bonchev–Trinajstić information content (AvgIpc) is 2.75. The van der Waals surface area contributed by atoms with Gasteiger partial charge >= 0.3 is 5.97 Å². The third kappa shape index (κ3) is 4.10. The Kier molecular flexibility index (Phi) is 6.77. The summed E-state index contributed by atoms with van der Waals surface area (Å²) in [6, 6.07) is 19.8. The number of hydrogen-bond acceptors (Lipinski definition) is 5. The van der Waals surface area contributed by atoms with Gasteiger partial charge in [0.25, 0.3) is 8.32 Å². The van der Waals surface area contributed by atoms with Crippen molar-refractivity contribution in [2.75, 3.05) is 6.61 Å². The second-order valence-corrected chi connectivity index (χ2v) is 13.6. The normalized spacial score (nSPS) is 24.6. The molecular formula is C25H34O5Si. The van der Waals surface area contributed by atoms with Gasteiger partial charge in [0.05, 0.1) is 6.61 Å². The van der Waals surface area contributed by atoms with E-state index in [0.29, 0.717) is 12.8 Å². The summed E-state index contributed by atoms with van der Waals surface area (Å²) in [5.74, 6) is -2.88. The van der Waals surface area contributed by atoms with Gasteiger partial charge in [-0.05, 0) is 41.6 Å². The number of rotatable bonds is 6. The van der Waals surface area contributed by atoms with Gasteiger partial charge in [0.15, 0.2) is 5.79 Å². The van der Waals surface area contributed by atoms with Crippen molar-refractivity contribution in [1.29, 1.82) is 0 Å². The lowest BCUT2D eigenvalue weighted by Crippen LogP contribution is -2.74. The molecule has 1 aliphatic carbocycles. The summed E-state index contributed by atoms with van der Waals surface area (Å²) in [5, 5.41) is 24.9. The molecule has 168 valence electrons. The quantitative estimate of drug-likeness (QED) is 0.408. The lowest BCUT2D eigenvalue weighted by Gasteiger charge is -2.52. The van der Waals surface area contributed by atoms with E-state index in [0.717, 1.165) is 10.4 Å². The second-order valence-electron chi connectivity index (χ2n) is 9.34. The smallest absolute Gasteiger partial charge is 0.343 e. The maximum absolute atomic E-state index is 12.8. The summed E-state index contributed by atoms with van der Waals surface area (Å²) in [5.41, 5.74) is -2.12. The van der Waals surface area contributed by atoms with Crippen molar-refractivity contribution < 1.29 is 24.2 Å². The fourth-order valence-electron chi connectivity index (χ4n) is 4.70. The zero-order chi connectivity index (χ0) is 22.8.